The van der Waals surface area contributed by atoms with Crippen molar-refractivity contribution >= 4 is 16.8 Å². The van der Waals surface area contributed by atoms with Gasteiger partial charge in [0.05, 0.1) is 23.7 Å². The van der Waals surface area contributed by atoms with Crippen molar-refractivity contribution in [1.29, 1.82) is 0 Å². The zero-order chi connectivity index (χ0) is 18.4. The standard InChI is InChI=1S/C20H25N3O3/c1-12-10-17(25)23(15-7-5-4-6-13(12)15)11-16(24)21-18-14-8-9-26-20(14)19(18)22(2)3/h4-7,10,14,18-20H,8-9,11H2,1-3H3,(H,21,24)/t14-,18+,19-,20-/m1/s1. The van der Waals surface area contributed by atoms with Gasteiger partial charge in [0.15, 0.2) is 0 Å². The maximum absolute atomic E-state index is 12.7. The number of pyridine rings is 1. The minimum absolute atomic E-state index is 0.0362. The molecular weight excluding hydrogens is 330 g/mol. The van der Waals surface area contributed by atoms with Crippen LogP contribution in [0.1, 0.15) is 12.0 Å². The number of carbonyl (C=O) groups excluding carboxylic acids is 1. The number of aryl methyl sites for hydroxylation is 1. The van der Waals surface area contributed by atoms with Crippen LogP contribution in [0.2, 0.25) is 0 Å². The number of aromatic nitrogens is 1. The number of rotatable bonds is 4. The first-order valence-electron chi connectivity index (χ1n) is 9.14. The molecule has 2 heterocycles. The summed E-state index contributed by atoms with van der Waals surface area (Å²) < 4.78 is 7.36. The van der Waals surface area contributed by atoms with Crippen molar-refractivity contribution in [3.8, 4) is 0 Å². The van der Waals surface area contributed by atoms with E-state index in [-0.39, 0.29) is 36.2 Å². The highest BCUT2D eigenvalue weighted by Gasteiger charge is 2.55. The number of fused-ring (bicyclic) bond motifs is 2. The second kappa shape index (κ2) is 6.52. The van der Waals surface area contributed by atoms with Gasteiger partial charge < -0.3 is 15.0 Å². The fourth-order valence-electron chi connectivity index (χ4n) is 4.52. The Morgan fingerprint density at radius 2 is 2.12 bits per heavy atom. The first kappa shape index (κ1) is 17.2. The van der Waals surface area contributed by atoms with E-state index >= 15 is 0 Å². The van der Waals surface area contributed by atoms with Crippen molar-refractivity contribution in [2.75, 3.05) is 20.7 Å². The topological polar surface area (TPSA) is 63.6 Å². The highest BCUT2D eigenvalue weighted by molar-refractivity contribution is 5.84. The number of carbonyl (C=O) groups is 1. The smallest absolute Gasteiger partial charge is 0.251 e. The fourth-order valence-corrected chi connectivity index (χ4v) is 4.52. The average Bonchev–Trinajstić information content (AvgIpc) is 2.99. The molecule has 4 rings (SSSR count). The predicted molar refractivity (Wildman–Crippen MR) is 100 cm³/mol. The normalized spacial score (nSPS) is 27.4. The van der Waals surface area contributed by atoms with E-state index in [1.807, 2.05) is 45.3 Å². The zero-order valence-corrected chi connectivity index (χ0v) is 15.4. The molecular formula is C20H25N3O3. The minimum Gasteiger partial charge on any atom is -0.376 e. The van der Waals surface area contributed by atoms with Gasteiger partial charge in [0, 0.05) is 24.0 Å². The maximum Gasteiger partial charge on any atom is 0.251 e. The zero-order valence-electron chi connectivity index (χ0n) is 15.4. The van der Waals surface area contributed by atoms with E-state index in [1.54, 1.807) is 10.6 Å². The van der Waals surface area contributed by atoms with Crippen molar-refractivity contribution < 1.29 is 9.53 Å². The van der Waals surface area contributed by atoms with E-state index in [0.29, 0.717) is 5.92 Å². The van der Waals surface area contributed by atoms with E-state index in [4.69, 9.17) is 4.74 Å². The molecule has 2 aliphatic rings. The van der Waals surface area contributed by atoms with Crippen LogP contribution in [0.4, 0.5) is 0 Å². The Kier molecular flexibility index (Phi) is 4.32. The van der Waals surface area contributed by atoms with Crippen LogP contribution in [0.25, 0.3) is 10.9 Å². The first-order valence-corrected chi connectivity index (χ1v) is 9.14. The molecule has 2 fully saturated rings. The van der Waals surface area contributed by atoms with Gasteiger partial charge in [-0.15, -0.1) is 0 Å². The van der Waals surface area contributed by atoms with Gasteiger partial charge in [-0.05, 0) is 39.1 Å². The molecule has 2 aromatic rings. The monoisotopic (exact) mass is 355 g/mol. The molecule has 1 saturated heterocycles. The van der Waals surface area contributed by atoms with E-state index in [0.717, 1.165) is 29.5 Å². The molecule has 0 radical (unpaired) electrons. The Hall–Kier alpha value is -2.18. The molecule has 1 saturated carbocycles. The van der Waals surface area contributed by atoms with E-state index in [9.17, 15) is 9.59 Å². The summed E-state index contributed by atoms with van der Waals surface area (Å²) >= 11 is 0. The third kappa shape index (κ3) is 2.73. The van der Waals surface area contributed by atoms with Crippen LogP contribution in [0.3, 0.4) is 0 Å². The number of para-hydroxylation sites is 1. The Morgan fingerprint density at radius 1 is 1.35 bits per heavy atom. The van der Waals surface area contributed by atoms with Crippen LogP contribution in [0.5, 0.6) is 0 Å². The molecule has 0 unspecified atom stereocenters. The summed E-state index contributed by atoms with van der Waals surface area (Å²) in [4.78, 5) is 27.3. The van der Waals surface area contributed by atoms with Crippen molar-refractivity contribution in [1.82, 2.24) is 14.8 Å². The van der Waals surface area contributed by atoms with Crippen LogP contribution in [0.15, 0.2) is 35.1 Å². The molecule has 6 nitrogen and oxygen atoms in total. The molecule has 0 spiro atoms. The number of amides is 1. The lowest BCUT2D eigenvalue weighted by molar-refractivity contribution is -0.128. The molecule has 138 valence electrons. The van der Waals surface area contributed by atoms with Gasteiger partial charge in [-0.25, -0.2) is 0 Å². The number of hydrogen-bond donors (Lipinski definition) is 1. The van der Waals surface area contributed by atoms with Gasteiger partial charge in [0.25, 0.3) is 5.56 Å². The Labute approximate surface area is 152 Å². The van der Waals surface area contributed by atoms with Crippen LogP contribution < -0.4 is 10.9 Å². The second-order valence-electron chi connectivity index (χ2n) is 7.60. The van der Waals surface area contributed by atoms with Crippen molar-refractivity contribution in [2.45, 2.75) is 38.1 Å². The predicted octanol–water partition coefficient (Wildman–Crippen LogP) is 1.14. The molecule has 1 N–H and O–H groups in total. The SMILES string of the molecule is Cc1cc(=O)n(CC(=O)N[C@H]2[C@H]3CCO[C@H]3[C@@H]2N(C)C)c2ccccc12. The number of benzene rings is 1. The van der Waals surface area contributed by atoms with Gasteiger partial charge in [-0.2, -0.15) is 0 Å². The number of likely N-dealkylation sites (N-methyl/N-ethyl adjacent to an activating group) is 1. The molecule has 4 atom stereocenters. The number of ether oxygens (including phenoxy) is 1. The van der Waals surface area contributed by atoms with Crippen LogP contribution in [0, 0.1) is 12.8 Å². The summed E-state index contributed by atoms with van der Waals surface area (Å²) in [5.74, 6) is 0.251. The molecule has 1 aromatic heterocycles. The van der Waals surface area contributed by atoms with Crippen molar-refractivity contribution in [2.24, 2.45) is 5.92 Å². The van der Waals surface area contributed by atoms with Gasteiger partial charge >= 0.3 is 0 Å². The van der Waals surface area contributed by atoms with Crippen molar-refractivity contribution in [3.05, 3.63) is 46.2 Å². The Bertz CT molecular complexity index is 905. The van der Waals surface area contributed by atoms with Crippen molar-refractivity contribution in [3.63, 3.8) is 0 Å². The van der Waals surface area contributed by atoms with Gasteiger partial charge in [-0.1, -0.05) is 18.2 Å². The quantitative estimate of drug-likeness (QED) is 0.894. The van der Waals surface area contributed by atoms with Crippen LogP contribution in [-0.4, -0.2) is 54.3 Å². The summed E-state index contributed by atoms with van der Waals surface area (Å²) in [6.07, 6.45) is 1.19. The minimum atomic E-state index is -0.142. The summed E-state index contributed by atoms with van der Waals surface area (Å²) in [7, 11) is 4.03. The van der Waals surface area contributed by atoms with E-state index in [1.165, 1.54) is 0 Å². The Morgan fingerprint density at radius 3 is 2.88 bits per heavy atom. The van der Waals surface area contributed by atoms with Gasteiger partial charge in [0.2, 0.25) is 5.91 Å². The number of hydrogen-bond acceptors (Lipinski definition) is 4. The lowest BCUT2D eigenvalue weighted by Crippen LogP contribution is -2.69. The molecule has 1 aliphatic heterocycles. The molecule has 1 aromatic carbocycles. The maximum atomic E-state index is 12.7. The van der Waals surface area contributed by atoms with Gasteiger partial charge in [0.1, 0.15) is 6.54 Å². The highest BCUT2D eigenvalue weighted by atomic mass is 16.5. The lowest BCUT2D eigenvalue weighted by atomic mass is 9.71. The largest absolute Gasteiger partial charge is 0.376 e. The second-order valence-corrected chi connectivity index (χ2v) is 7.60. The molecule has 1 amide bonds. The lowest BCUT2D eigenvalue weighted by Gasteiger charge is -2.50. The molecule has 26 heavy (non-hydrogen) atoms. The third-order valence-corrected chi connectivity index (χ3v) is 5.80. The molecule has 0 bridgehead atoms. The number of nitrogens with zero attached hydrogens (tertiary/aromatic N) is 2. The summed E-state index contributed by atoms with van der Waals surface area (Å²) in [6.45, 7) is 2.72. The molecule has 1 aliphatic carbocycles. The Balaban J connectivity index is 1.56. The average molecular weight is 355 g/mol. The van der Waals surface area contributed by atoms with Gasteiger partial charge in [-0.3, -0.25) is 14.2 Å². The summed E-state index contributed by atoms with van der Waals surface area (Å²) in [5, 5.41) is 4.15. The summed E-state index contributed by atoms with van der Waals surface area (Å²) in [6, 6.07) is 9.58. The fraction of sp³-hybridized carbons (Fsp3) is 0.500. The first-order chi connectivity index (χ1) is 12.5. The molecule has 6 heteroatoms. The van der Waals surface area contributed by atoms with E-state index < -0.39 is 0 Å². The number of nitrogens with one attached hydrogen (secondary N) is 1. The van der Waals surface area contributed by atoms with Crippen LogP contribution in [-0.2, 0) is 16.1 Å². The van der Waals surface area contributed by atoms with Crippen LogP contribution >= 0.6 is 0 Å². The summed E-state index contributed by atoms with van der Waals surface area (Å²) in [5.41, 5.74) is 1.59. The van der Waals surface area contributed by atoms with E-state index in [2.05, 4.69) is 10.2 Å². The third-order valence-electron chi connectivity index (χ3n) is 5.80. The highest BCUT2D eigenvalue weighted by Crippen LogP contribution is 2.41.